The fraction of sp³-hybridized carbons (Fsp3) is 0.481. The first-order valence-corrected chi connectivity index (χ1v) is 13.0. The number of hydrogen-bond acceptors (Lipinski definition) is 8. The van der Waals surface area contributed by atoms with Crippen LogP contribution in [0.4, 0.5) is 5.69 Å². The van der Waals surface area contributed by atoms with Crippen LogP contribution in [0.25, 0.3) is 0 Å². The molecule has 0 saturated carbocycles. The number of nitrogens with zero attached hydrogens (tertiary/aromatic N) is 2. The van der Waals surface area contributed by atoms with Gasteiger partial charge in [-0.25, -0.2) is 5.43 Å². The molecule has 2 aromatic rings. The van der Waals surface area contributed by atoms with E-state index in [0.29, 0.717) is 19.6 Å². The van der Waals surface area contributed by atoms with Crippen LogP contribution in [0, 0.1) is 5.92 Å². The molecule has 3 aliphatic rings. The summed E-state index contributed by atoms with van der Waals surface area (Å²) >= 11 is 0. The third kappa shape index (κ3) is 5.94. The van der Waals surface area contributed by atoms with Crippen LogP contribution in [0.2, 0.25) is 0 Å². The van der Waals surface area contributed by atoms with Crippen LogP contribution < -0.4 is 26.8 Å². The maximum Gasteiger partial charge on any atom is 0.254 e. The second kappa shape index (κ2) is 10.8. The number of fused-ring (bicyclic) bond motifs is 1. The van der Waals surface area contributed by atoms with Crippen LogP contribution in [-0.4, -0.2) is 77.3 Å². The van der Waals surface area contributed by atoms with Crippen molar-refractivity contribution >= 4 is 17.5 Å². The topological polar surface area (TPSA) is 121 Å². The minimum absolute atomic E-state index is 0.0149. The predicted molar refractivity (Wildman–Crippen MR) is 141 cm³/mol. The summed E-state index contributed by atoms with van der Waals surface area (Å²) in [6.45, 7) is 7.30. The second-order valence-electron chi connectivity index (χ2n) is 10.6. The minimum atomic E-state index is -1.33. The Morgan fingerprint density at radius 2 is 1.73 bits per heavy atom. The second-order valence-corrected chi connectivity index (χ2v) is 10.6. The van der Waals surface area contributed by atoms with Crippen molar-refractivity contribution in [2.45, 2.75) is 44.4 Å². The Kier molecular flexibility index (Phi) is 7.45. The number of rotatable bonds is 6. The van der Waals surface area contributed by atoms with E-state index in [4.69, 9.17) is 0 Å². The third-order valence-electron chi connectivity index (χ3n) is 7.35. The molecular formula is C27H37N7O3. The largest absolute Gasteiger partial charge is 0.381 e. The van der Waals surface area contributed by atoms with Gasteiger partial charge in [0, 0.05) is 51.0 Å². The first-order chi connectivity index (χ1) is 17.8. The van der Waals surface area contributed by atoms with Crippen LogP contribution in [-0.2, 0) is 16.1 Å². The summed E-state index contributed by atoms with van der Waals surface area (Å²) in [4.78, 5) is 29.1. The van der Waals surface area contributed by atoms with Gasteiger partial charge in [-0.2, -0.15) is 0 Å². The van der Waals surface area contributed by atoms with E-state index in [-0.39, 0.29) is 36.1 Å². The zero-order chi connectivity index (χ0) is 26.0. The van der Waals surface area contributed by atoms with E-state index < -0.39 is 5.60 Å². The highest BCUT2D eigenvalue weighted by atomic mass is 16.3. The Morgan fingerprint density at radius 3 is 2.41 bits per heavy atom. The Morgan fingerprint density at radius 1 is 1.03 bits per heavy atom. The van der Waals surface area contributed by atoms with Crippen LogP contribution in [0.3, 0.4) is 0 Å². The molecule has 0 aromatic heterocycles. The highest BCUT2D eigenvalue weighted by Crippen LogP contribution is 2.26. The maximum atomic E-state index is 12.7. The molecule has 2 amide bonds. The van der Waals surface area contributed by atoms with Crippen LogP contribution >= 0.6 is 0 Å². The quantitative estimate of drug-likeness (QED) is 0.331. The van der Waals surface area contributed by atoms with Gasteiger partial charge < -0.3 is 15.3 Å². The van der Waals surface area contributed by atoms with Gasteiger partial charge in [-0.1, -0.05) is 42.5 Å². The lowest BCUT2D eigenvalue weighted by molar-refractivity contribution is -0.149. The maximum absolute atomic E-state index is 12.7. The van der Waals surface area contributed by atoms with Crippen LogP contribution in [0.5, 0.6) is 0 Å². The van der Waals surface area contributed by atoms with E-state index in [1.54, 1.807) is 4.90 Å². The summed E-state index contributed by atoms with van der Waals surface area (Å²) < 4.78 is 0. The van der Waals surface area contributed by atoms with Crippen molar-refractivity contribution in [3.8, 4) is 0 Å². The first-order valence-electron chi connectivity index (χ1n) is 13.0. The molecule has 37 heavy (non-hydrogen) atoms. The summed E-state index contributed by atoms with van der Waals surface area (Å²) in [5.41, 5.74) is 7.69. The molecule has 0 radical (unpaired) electrons. The van der Waals surface area contributed by atoms with Crippen molar-refractivity contribution in [1.29, 1.82) is 0 Å². The number of hydrogen-bond donors (Lipinski definition) is 6. The van der Waals surface area contributed by atoms with Gasteiger partial charge in [-0.3, -0.25) is 30.5 Å². The minimum Gasteiger partial charge on any atom is -0.381 e. The van der Waals surface area contributed by atoms with Crippen molar-refractivity contribution in [2.75, 3.05) is 38.0 Å². The normalized spacial score (nSPS) is 26.8. The summed E-state index contributed by atoms with van der Waals surface area (Å²) in [5.74, 6) is -0.531. The number of amides is 2. The highest BCUT2D eigenvalue weighted by Gasteiger charge is 2.44. The fourth-order valence-corrected chi connectivity index (χ4v) is 5.34. The standard InChI is InChI=1S/C27H37N7O3/c1-27(2,37)26(36)34-14-12-33(13-15-34)17-18-8-10-20(11-9-18)29-24-22-21(16-28-32-25(22)35)30-23(31-24)19-6-4-3-5-7-19/h3-11,21-24,28-31,37H,12-17H2,1-2H3,(H,32,35). The van der Waals surface area contributed by atoms with Crippen LogP contribution in [0.1, 0.15) is 31.1 Å². The molecule has 4 unspecified atom stereocenters. The summed E-state index contributed by atoms with van der Waals surface area (Å²) in [6, 6.07) is 18.5. The lowest BCUT2D eigenvalue weighted by Gasteiger charge is -2.46. The van der Waals surface area contributed by atoms with Gasteiger partial charge in [0.15, 0.2) is 0 Å². The molecule has 4 atom stereocenters. The summed E-state index contributed by atoms with van der Waals surface area (Å²) in [5, 5.41) is 20.7. The van der Waals surface area contributed by atoms with E-state index in [9.17, 15) is 14.7 Å². The van der Waals surface area contributed by atoms with Gasteiger partial charge in [-0.15, -0.1) is 0 Å². The molecule has 0 aliphatic carbocycles. The molecule has 3 saturated heterocycles. The number of nitrogens with one attached hydrogen (secondary N) is 5. The molecule has 0 bridgehead atoms. The number of anilines is 1. The summed E-state index contributed by atoms with van der Waals surface area (Å²) in [6.07, 6.45) is -0.320. The molecule has 5 rings (SSSR count). The van der Waals surface area contributed by atoms with E-state index in [1.807, 2.05) is 18.2 Å². The van der Waals surface area contributed by atoms with Gasteiger partial charge in [0.05, 0.1) is 18.2 Å². The van der Waals surface area contributed by atoms with Gasteiger partial charge in [0.1, 0.15) is 5.60 Å². The van der Waals surface area contributed by atoms with Crippen molar-refractivity contribution in [3.63, 3.8) is 0 Å². The molecule has 0 spiro atoms. The van der Waals surface area contributed by atoms with Gasteiger partial charge in [-0.05, 0) is 37.1 Å². The van der Waals surface area contributed by atoms with E-state index in [1.165, 1.54) is 19.4 Å². The van der Waals surface area contributed by atoms with Crippen molar-refractivity contribution in [1.82, 2.24) is 31.3 Å². The van der Waals surface area contributed by atoms with E-state index in [0.717, 1.165) is 30.9 Å². The monoisotopic (exact) mass is 507 g/mol. The average molecular weight is 508 g/mol. The molecule has 10 heteroatoms. The Bertz CT molecular complexity index is 1080. The van der Waals surface area contributed by atoms with Crippen molar-refractivity contribution < 1.29 is 14.7 Å². The average Bonchev–Trinajstić information content (AvgIpc) is 2.90. The van der Waals surface area contributed by atoms with Gasteiger partial charge in [0.25, 0.3) is 5.91 Å². The number of carbonyl (C=O) groups excluding carboxylic acids is 2. The Labute approximate surface area is 217 Å². The molecular weight excluding hydrogens is 470 g/mol. The zero-order valence-electron chi connectivity index (χ0n) is 21.4. The number of carbonyl (C=O) groups is 2. The molecule has 3 fully saturated rings. The molecule has 10 nitrogen and oxygen atoms in total. The Hall–Kier alpha value is -3.02. The molecule has 6 N–H and O–H groups in total. The molecule has 198 valence electrons. The van der Waals surface area contributed by atoms with Crippen molar-refractivity contribution in [2.24, 2.45) is 5.92 Å². The number of aliphatic hydroxyl groups is 1. The molecule has 2 aromatic carbocycles. The molecule has 3 heterocycles. The number of benzene rings is 2. The first kappa shape index (κ1) is 25.6. The molecule has 3 aliphatic heterocycles. The predicted octanol–water partition coefficient (Wildman–Crippen LogP) is 0.351. The van der Waals surface area contributed by atoms with E-state index in [2.05, 4.69) is 68.1 Å². The Balaban J connectivity index is 1.21. The van der Waals surface area contributed by atoms with Crippen LogP contribution in [0.15, 0.2) is 54.6 Å². The third-order valence-corrected chi connectivity index (χ3v) is 7.35. The smallest absolute Gasteiger partial charge is 0.254 e. The van der Waals surface area contributed by atoms with E-state index >= 15 is 0 Å². The highest BCUT2D eigenvalue weighted by molar-refractivity contribution is 5.84. The fourth-order valence-electron chi connectivity index (χ4n) is 5.34. The zero-order valence-corrected chi connectivity index (χ0v) is 21.4. The summed E-state index contributed by atoms with van der Waals surface area (Å²) in [7, 11) is 0. The number of hydrazine groups is 1. The lowest BCUT2D eigenvalue weighted by atomic mass is 9.89. The number of piperazine rings is 1. The SMILES string of the molecule is CC(C)(O)C(=O)N1CCN(Cc2ccc(NC3NC(c4ccccc4)NC4CNNC(=O)C43)cc2)CC1. The lowest BCUT2D eigenvalue weighted by Crippen LogP contribution is -2.71. The van der Waals surface area contributed by atoms with Gasteiger partial charge in [0.2, 0.25) is 5.91 Å². The van der Waals surface area contributed by atoms with Gasteiger partial charge >= 0.3 is 0 Å². The van der Waals surface area contributed by atoms with Crippen molar-refractivity contribution in [3.05, 3.63) is 65.7 Å².